The van der Waals surface area contributed by atoms with Gasteiger partial charge in [0.15, 0.2) is 0 Å². The van der Waals surface area contributed by atoms with Crippen LogP contribution in [0.25, 0.3) is 0 Å². The molecule has 0 aliphatic rings. The molecule has 0 fully saturated rings. The molecular weight excluding hydrogens is 254 g/mol. The lowest BCUT2D eigenvalue weighted by molar-refractivity contribution is -0.149. The molecule has 4 nitrogen and oxygen atoms in total. The van der Waals surface area contributed by atoms with Crippen LogP contribution in [0, 0.1) is 19.3 Å². The minimum atomic E-state index is -0.882. The molecule has 0 saturated heterocycles. The number of hydrogen-bond donors (Lipinski definition) is 2. The van der Waals surface area contributed by atoms with Crippen molar-refractivity contribution in [3.63, 3.8) is 0 Å². The molecule has 4 heteroatoms. The number of rotatable bonds is 6. The second kappa shape index (κ2) is 6.55. The van der Waals surface area contributed by atoms with Crippen molar-refractivity contribution in [2.75, 3.05) is 6.54 Å². The van der Waals surface area contributed by atoms with Crippen molar-refractivity contribution in [1.82, 2.24) is 5.32 Å². The van der Waals surface area contributed by atoms with E-state index >= 15 is 0 Å². The van der Waals surface area contributed by atoms with E-state index in [1.807, 2.05) is 39.8 Å². The van der Waals surface area contributed by atoms with E-state index in [0.29, 0.717) is 18.4 Å². The predicted octanol–water partition coefficient (Wildman–Crippen LogP) is 2.92. The molecule has 0 saturated carbocycles. The van der Waals surface area contributed by atoms with Crippen molar-refractivity contribution >= 4 is 11.9 Å². The van der Waals surface area contributed by atoms with Gasteiger partial charge in [-0.1, -0.05) is 26.0 Å². The Labute approximate surface area is 120 Å². The van der Waals surface area contributed by atoms with Crippen molar-refractivity contribution in [1.29, 1.82) is 0 Å². The lowest BCUT2D eigenvalue weighted by Gasteiger charge is -2.27. The Hall–Kier alpha value is -1.84. The van der Waals surface area contributed by atoms with Gasteiger partial charge in [0.2, 0.25) is 0 Å². The minimum Gasteiger partial charge on any atom is -0.481 e. The van der Waals surface area contributed by atoms with Crippen molar-refractivity contribution < 1.29 is 14.7 Å². The standard InChI is InChI=1S/C16H23NO3/c1-5-16(6-2,15(19)20)10-17-14(18)13-9-7-8-11(3)12(13)4/h7-9H,5-6,10H2,1-4H3,(H,17,18)(H,19,20). The number of benzene rings is 1. The fourth-order valence-electron chi connectivity index (χ4n) is 2.22. The van der Waals surface area contributed by atoms with Gasteiger partial charge < -0.3 is 10.4 Å². The maximum atomic E-state index is 12.2. The molecule has 0 radical (unpaired) electrons. The number of carbonyl (C=O) groups is 2. The largest absolute Gasteiger partial charge is 0.481 e. The predicted molar refractivity (Wildman–Crippen MR) is 78.9 cm³/mol. The highest BCUT2D eigenvalue weighted by atomic mass is 16.4. The summed E-state index contributed by atoms with van der Waals surface area (Å²) in [5.74, 6) is -1.07. The zero-order chi connectivity index (χ0) is 15.3. The number of carboxylic acids is 1. The number of aryl methyl sites for hydroxylation is 1. The minimum absolute atomic E-state index is 0.154. The Kier molecular flexibility index (Phi) is 5.31. The highest BCUT2D eigenvalue weighted by molar-refractivity contribution is 5.96. The van der Waals surface area contributed by atoms with Crippen LogP contribution < -0.4 is 5.32 Å². The SMILES string of the molecule is CCC(CC)(CNC(=O)c1cccc(C)c1C)C(=O)O. The number of aliphatic carboxylic acids is 1. The first-order valence-corrected chi connectivity index (χ1v) is 6.95. The van der Waals surface area contributed by atoms with Crippen LogP contribution in [0.15, 0.2) is 18.2 Å². The first kappa shape index (κ1) is 16.2. The molecule has 0 bridgehead atoms. The molecule has 1 aromatic carbocycles. The normalized spacial score (nSPS) is 11.2. The molecule has 20 heavy (non-hydrogen) atoms. The van der Waals surface area contributed by atoms with Crippen molar-refractivity contribution in [2.24, 2.45) is 5.41 Å². The molecule has 0 aliphatic heterocycles. The summed E-state index contributed by atoms with van der Waals surface area (Å²) in [4.78, 5) is 23.6. The summed E-state index contributed by atoms with van der Waals surface area (Å²) in [5, 5.41) is 12.1. The first-order valence-electron chi connectivity index (χ1n) is 6.95. The van der Waals surface area contributed by atoms with Crippen molar-refractivity contribution in [2.45, 2.75) is 40.5 Å². The molecule has 0 aliphatic carbocycles. The molecule has 0 heterocycles. The molecule has 1 rings (SSSR count). The summed E-state index contributed by atoms with van der Waals surface area (Å²) in [7, 11) is 0. The van der Waals surface area contributed by atoms with Gasteiger partial charge in [-0.3, -0.25) is 9.59 Å². The van der Waals surface area contributed by atoms with Gasteiger partial charge in [0.05, 0.1) is 5.41 Å². The van der Waals surface area contributed by atoms with E-state index in [4.69, 9.17) is 0 Å². The molecule has 0 spiro atoms. The van der Waals surface area contributed by atoms with Gasteiger partial charge in [-0.25, -0.2) is 0 Å². The third-order valence-electron chi connectivity index (χ3n) is 4.24. The smallest absolute Gasteiger partial charge is 0.311 e. The number of carbonyl (C=O) groups excluding carboxylic acids is 1. The van der Waals surface area contributed by atoms with Crippen LogP contribution in [0.2, 0.25) is 0 Å². The van der Waals surface area contributed by atoms with E-state index < -0.39 is 11.4 Å². The van der Waals surface area contributed by atoms with Crippen LogP contribution in [-0.4, -0.2) is 23.5 Å². The molecule has 1 amide bonds. The maximum absolute atomic E-state index is 12.2. The molecule has 1 aromatic rings. The van der Waals surface area contributed by atoms with Crippen LogP contribution in [0.3, 0.4) is 0 Å². The van der Waals surface area contributed by atoms with Gasteiger partial charge in [0.1, 0.15) is 0 Å². The lowest BCUT2D eigenvalue weighted by atomic mass is 9.82. The van der Waals surface area contributed by atoms with Crippen LogP contribution in [0.5, 0.6) is 0 Å². The number of amides is 1. The molecule has 0 unspecified atom stereocenters. The van der Waals surface area contributed by atoms with Gasteiger partial charge in [0, 0.05) is 12.1 Å². The van der Waals surface area contributed by atoms with Crippen LogP contribution in [0.1, 0.15) is 48.2 Å². The highest BCUT2D eigenvalue weighted by Crippen LogP contribution is 2.26. The Morgan fingerprint density at radius 3 is 2.30 bits per heavy atom. The third kappa shape index (κ3) is 3.18. The molecule has 110 valence electrons. The monoisotopic (exact) mass is 277 g/mol. The Morgan fingerprint density at radius 1 is 1.20 bits per heavy atom. The summed E-state index contributed by atoms with van der Waals surface area (Å²) in [6.45, 7) is 7.67. The summed E-state index contributed by atoms with van der Waals surface area (Å²) >= 11 is 0. The average molecular weight is 277 g/mol. The second-order valence-corrected chi connectivity index (χ2v) is 5.22. The van der Waals surface area contributed by atoms with E-state index in [9.17, 15) is 14.7 Å². The summed E-state index contributed by atoms with van der Waals surface area (Å²) in [5.41, 5.74) is 1.71. The van der Waals surface area contributed by atoms with E-state index in [1.54, 1.807) is 6.07 Å². The summed E-state index contributed by atoms with van der Waals surface area (Å²) in [6.07, 6.45) is 0.984. The van der Waals surface area contributed by atoms with Gasteiger partial charge in [-0.2, -0.15) is 0 Å². The molecule has 2 N–H and O–H groups in total. The number of carboxylic acid groups (broad SMARTS) is 1. The molecular formula is C16H23NO3. The van der Waals surface area contributed by atoms with Gasteiger partial charge >= 0.3 is 5.97 Å². The van der Waals surface area contributed by atoms with Gasteiger partial charge in [-0.15, -0.1) is 0 Å². The number of hydrogen-bond acceptors (Lipinski definition) is 2. The topological polar surface area (TPSA) is 66.4 Å². The van der Waals surface area contributed by atoms with E-state index in [0.717, 1.165) is 11.1 Å². The quantitative estimate of drug-likeness (QED) is 0.840. The molecule has 0 aromatic heterocycles. The maximum Gasteiger partial charge on any atom is 0.311 e. The third-order valence-corrected chi connectivity index (χ3v) is 4.24. The number of nitrogens with one attached hydrogen (secondary N) is 1. The Balaban J connectivity index is 2.86. The van der Waals surface area contributed by atoms with E-state index in [-0.39, 0.29) is 12.5 Å². The second-order valence-electron chi connectivity index (χ2n) is 5.22. The Morgan fingerprint density at radius 2 is 1.80 bits per heavy atom. The van der Waals surface area contributed by atoms with Crippen LogP contribution in [0.4, 0.5) is 0 Å². The first-order chi connectivity index (χ1) is 9.38. The lowest BCUT2D eigenvalue weighted by Crippen LogP contribution is -2.42. The zero-order valence-electron chi connectivity index (χ0n) is 12.6. The van der Waals surface area contributed by atoms with E-state index in [2.05, 4.69) is 5.32 Å². The van der Waals surface area contributed by atoms with Gasteiger partial charge in [0.25, 0.3) is 5.91 Å². The summed E-state index contributed by atoms with van der Waals surface area (Å²) < 4.78 is 0. The fraction of sp³-hybridized carbons (Fsp3) is 0.500. The highest BCUT2D eigenvalue weighted by Gasteiger charge is 2.35. The van der Waals surface area contributed by atoms with Crippen LogP contribution >= 0.6 is 0 Å². The van der Waals surface area contributed by atoms with E-state index in [1.165, 1.54) is 0 Å². The van der Waals surface area contributed by atoms with Crippen molar-refractivity contribution in [3.8, 4) is 0 Å². The van der Waals surface area contributed by atoms with Gasteiger partial charge in [-0.05, 0) is 43.9 Å². The molecule has 0 atom stereocenters. The zero-order valence-corrected chi connectivity index (χ0v) is 12.6. The van der Waals surface area contributed by atoms with Crippen LogP contribution in [-0.2, 0) is 4.79 Å². The average Bonchev–Trinajstić information content (AvgIpc) is 2.43. The summed E-state index contributed by atoms with van der Waals surface area (Å²) in [6, 6.07) is 5.55. The fourth-order valence-corrected chi connectivity index (χ4v) is 2.22. The van der Waals surface area contributed by atoms with Crippen molar-refractivity contribution in [3.05, 3.63) is 34.9 Å². The Bertz CT molecular complexity index is 504.